The Kier molecular flexibility index (Phi) is 1.96. The van der Waals surface area contributed by atoms with Crippen LogP contribution in [0, 0.1) is 0 Å². The normalized spacial score (nSPS) is 13.5. The number of benzene rings is 1. The van der Waals surface area contributed by atoms with Gasteiger partial charge < -0.3 is 4.84 Å². The summed E-state index contributed by atoms with van der Waals surface area (Å²) in [5, 5.41) is 2.05. The van der Waals surface area contributed by atoms with E-state index in [0.717, 1.165) is 17.0 Å². The van der Waals surface area contributed by atoms with Crippen molar-refractivity contribution in [3.05, 3.63) is 52.2 Å². The highest BCUT2D eigenvalue weighted by Gasteiger charge is 2.11. The molecule has 2 aromatic rings. The zero-order valence-electron chi connectivity index (χ0n) is 7.94. The summed E-state index contributed by atoms with van der Waals surface area (Å²) in [5.74, 6) is 0.873. The molecule has 0 unspecified atom stereocenters. The molecule has 3 rings (SSSR count). The maximum absolute atomic E-state index is 5.45. The molecule has 0 atom stereocenters. The third kappa shape index (κ3) is 1.51. The summed E-state index contributed by atoms with van der Waals surface area (Å²) in [6.07, 6.45) is 2.10. The molecule has 1 N–H and O–H groups in total. The lowest BCUT2D eigenvalue weighted by molar-refractivity contribution is 0.249. The summed E-state index contributed by atoms with van der Waals surface area (Å²) in [4.78, 5) is 6.63. The Bertz CT molecular complexity index is 502. The van der Waals surface area contributed by atoms with E-state index in [0.29, 0.717) is 0 Å². The van der Waals surface area contributed by atoms with Gasteiger partial charge in [-0.2, -0.15) is 0 Å². The van der Waals surface area contributed by atoms with Crippen LogP contribution in [-0.4, -0.2) is 0 Å². The van der Waals surface area contributed by atoms with Crippen LogP contribution in [-0.2, 0) is 0 Å². The average Bonchev–Trinajstić information content (AvgIpc) is 2.82. The molecule has 0 aliphatic carbocycles. The largest absolute Gasteiger partial charge is 0.381 e. The van der Waals surface area contributed by atoms with Gasteiger partial charge in [-0.25, -0.2) is 5.48 Å². The molecule has 0 fully saturated rings. The fourth-order valence-electron chi connectivity index (χ4n) is 1.54. The molecule has 15 heavy (non-hydrogen) atoms. The summed E-state index contributed by atoms with van der Waals surface area (Å²) in [6.45, 7) is 0. The topological polar surface area (TPSA) is 21.3 Å². The molecule has 1 aromatic carbocycles. The van der Waals surface area contributed by atoms with Crippen molar-refractivity contribution in [3.63, 3.8) is 0 Å². The van der Waals surface area contributed by atoms with Gasteiger partial charge in [-0.05, 0) is 23.6 Å². The van der Waals surface area contributed by atoms with Gasteiger partial charge in [0.2, 0.25) is 0 Å². The summed E-state index contributed by atoms with van der Waals surface area (Å²) in [6, 6.07) is 12.1. The molecule has 1 aliphatic rings. The molecule has 0 saturated heterocycles. The zero-order chi connectivity index (χ0) is 10.1. The SMILES string of the molecule is C1=C(c2cccs2)NOc2ccccc21. The van der Waals surface area contributed by atoms with Gasteiger partial charge in [-0.15, -0.1) is 11.3 Å². The Balaban J connectivity index is 2.06. The van der Waals surface area contributed by atoms with Crippen LogP contribution in [0.2, 0.25) is 0 Å². The lowest BCUT2D eigenvalue weighted by Crippen LogP contribution is -2.19. The minimum absolute atomic E-state index is 0.873. The van der Waals surface area contributed by atoms with Gasteiger partial charge in [-0.1, -0.05) is 24.3 Å². The Hall–Kier alpha value is -1.74. The first-order valence-corrected chi connectivity index (χ1v) is 5.59. The smallest absolute Gasteiger partial charge is 0.162 e. The van der Waals surface area contributed by atoms with Gasteiger partial charge >= 0.3 is 0 Å². The van der Waals surface area contributed by atoms with Crippen LogP contribution < -0.4 is 10.3 Å². The van der Waals surface area contributed by atoms with E-state index in [1.807, 2.05) is 30.3 Å². The van der Waals surface area contributed by atoms with Crippen LogP contribution in [0.3, 0.4) is 0 Å². The van der Waals surface area contributed by atoms with E-state index in [9.17, 15) is 0 Å². The Morgan fingerprint density at radius 3 is 2.87 bits per heavy atom. The van der Waals surface area contributed by atoms with E-state index < -0.39 is 0 Å². The van der Waals surface area contributed by atoms with E-state index in [1.54, 1.807) is 11.3 Å². The van der Waals surface area contributed by atoms with Crippen LogP contribution in [0.15, 0.2) is 41.8 Å². The van der Waals surface area contributed by atoms with Crippen LogP contribution in [0.1, 0.15) is 10.4 Å². The Morgan fingerprint density at radius 2 is 2.00 bits per heavy atom. The van der Waals surface area contributed by atoms with Crippen LogP contribution >= 0.6 is 11.3 Å². The van der Waals surface area contributed by atoms with Crippen LogP contribution in [0.4, 0.5) is 0 Å². The highest BCUT2D eigenvalue weighted by Crippen LogP contribution is 2.28. The Morgan fingerprint density at radius 1 is 1.07 bits per heavy atom. The first-order chi connectivity index (χ1) is 7.43. The maximum atomic E-state index is 5.45. The molecular formula is C12H9NOS. The number of fused-ring (bicyclic) bond motifs is 1. The Labute approximate surface area is 91.8 Å². The van der Waals surface area contributed by atoms with Crippen molar-refractivity contribution in [1.29, 1.82) is 0 Å². The van der Waals surface area contributed by atoms with Gasteiger partial charge in [-0.3, -0.25) is 0 Å². The van der Waals surface area contributed by atoms with Gasteiger partial charge in [0.05, 0.1) is 10.6 Å². The summed E-state index contributed by atoms with van der Waals surface area (Å²) >= 11 is 1.69. The van der Waals surface area contributed by atoms with Crippen molar-refractivity contribution < 1.29 is 4.84 Å². The first-order valence-electron chi connectivity index (χ1n) is 4.71. The maximum Gasteiger partial charge on any atom is 0.162 e. The van der Waals surface area contributed by atoms with E-state index in [4.69, 9.17) is 4.84 Å². The fraction of sp³-hybridized carbons (Fsp3) is 0. The first kappa shape index (κ1) is 8.56. The van der Waals surface area contributed by atoms with Crippen LogP contribution in [0.5, 0.6) is 5.75 Å². The van der Waals surface area contributed by atoms with E-state index in [1.165, 1.54) is 4.88 Å². The van der Waals surface area contributed by atoms with Crippen molar-refractivity contribution in [1.82, 2.24) is 5.48 Å². The predicted octanol–water partition coefficient (Wildman–Crippen LogP) is 3.14. The highest BCUT2D eigenvalue weighted by molar-refractivity contribution is 7.11. The summed E-state index contributed by atoms with van der Waals surface area (Å²) in [5.41, 5.74) is 5.08. The third-order valence-corrected chi connectivity index (χ3v) is 3.18. The number of hydroxylamine groups is 1. The van der Waals surface area contributed by atoms with E-state index in [2.05, 4.69) is 23.0 Å². The van der Waals surface area contributed by atoms with E-state index >= 15 is 0 Å². The second-order valence-electron chi connectivity index (χ2n) is 3.28. The van der Waals surface area contributed by atoms with Crippen molar-refractivity contribution in [3.8, 4) is 5.75 Å². The second-order valence-corrected chi connectivity index (χ2v) is 4.22. The molecule has 2 nitrogen and oxygen atoms in total. The predicted molar refractivity (Wildman–Crippen MR) is 62.4 cm³/mol. The number of thiophene rings is 1. The van der Waals surface area contributed by atoms with E-state index in [-0.39, 0.29) is 0 Å². The number of nitrogens with one attached hydrogen (secondary N) is 1. The zero-order valence-corrected chi connectivity index (χ0v) is 8.75. The second kappa shape index (κ2) is 3.44. The average molecular weight is 215 g/mol. The minimum atomic E-state index is 0.873. The number of hydrogen-bond acceptors (Lipinski definition) is 3. The molecule has 0 saturated carbocycles. The molecule has 1 aromatic heterocycles. The lowest BCUT2D eigenvalue weighted by atomic mass is 10.1. The van der Waals surface area contributed by atoms with Crippen molar-refractivity contribution in [2.45, 2.75) is 0 Å². The summed E-state index contributed by atoms with van der Waals surface area (Å²) < 4.78 is 0. The highest BCUT2D eigenvalue weighted by atomic mass is 32.1. The summed E-state index contributed by atoms with van der Waals surface area (Å²) in [7, 11) is 0. The molecule has 3 heteroatoms. The number of hydrogen-bond donors (Lipinski definition) is 1. The van der Waals surface area contributed by atoms with Crippen molar-refractivity contribution in [2.75, 3.05) is 0 Å². The number of para-hydroxylation sites is 1. The molecule has 74 valence electrons. The molecule has 0 radical (unpaired) electrons. The number of rotatable bonds is 1. The standard InChI is InChI=1S/C12H9NOS/c1-2-5-11-9(4-1)8-10(13-14-11)12-6-3-7-15-12/h1-8,13H. The van der Waals surface area contributed by atoms with Crippen LogP contribution in [0.25, 0.3) is 11.8 Å². The minimum Gasteiger partial charge on any atom is -0.381 e. The molecule has 0 amide bonds. The lowest BCUT2D eigenvalue weighted by Gasteiger charge is -2.17. The van der Waals surface area contributed by atoms with Gasteiger partial charge in [0.1, 0.15) is 0 Å². The molecule has 1 aliphatic heterocycles. The van der Waals surface area contributed by atoms with Crippen molar-refractivity contribution >= 4 is 23.1 Å². The third-order valence-electron chi connectivity index (χ3n) is 2.28. The molecule has 2 heterocycles. The molecular weight excluding hydrogens is 206 g/mol. The van der Waals surface area contributed by atoms with Gasteiger partial charge in [0, 0.05) is 5.56 Å². The van der Waals surface area contributed by atoms with Crippen molar-refractivity contribution in [2.24, 2.45) is 0 Å². The quantitative estimate of drug-likeness (QED) is 0.789. The monoisotopic (exact) mass is 215 g/mol. The van der Waals surface area contributed by atoms with Gasteiger partial charge in [0.25, 0.3) is 0 Å². The van der Waals surface area contributed by atoms with Gasteiger partial charge in [0.15, 0.2) is 5.75 Å². The fourth-order valence-corrected chi connectivity index (χ4v) is 2.23. The molecule has 0 spiro atoms. The molecule has 0 bridgehead atoms.